The molecule has 0 spiro atoms. The van der Waals surface area contributed by atoms with Crippen LogP contribution in [0.4, 0.5) is 0 Å². The molecule has 0 unspecified atom stereocenters. The van der Waals surface area contributed by atoms with Crippen molar-refractivity contribution in [2.45, 2.75) is 20.8 Å². The van der Waals surface area contributed by atoms with Crippen LogP contribution in [0.1, 0.15) is 16.7 Å². The first kappa shape index (κ1) is 13.6. The molecule has 0 radical (unpaired) electrons. The summed E-state index contributed by atoms with van der Waals surface area (Å²) < 4.78 is 14.1. The molecular formula is C21H18NO2+. The molecule has 2 aromatic carbocycles. The number of hydrogen-bond acceptors (Lipinski definition) is 2. The number of aryl methyl sites for hydroxylation is 3. The molecule has 3 nitrogen and oxygen atoms in total. The van der Waals surface area contributed by atoms with Crippen molar-refractivity contribution in [3.05, 3.63) is 53.3 Å². The molecule has 24 heavy (non-hydrogen) atoms. The topological polar surface area (TPSA) is 26.2 Å². The van der Waals surface area contributed by atoms with Gasteiger partial charge >= 0.3 is 0 Å². The van der Waals surface area contributed by atoms with Crippen LogP contribution < -0.4 is 9.30 Å². The van der Waals surface area contributed by atoms with Gasteiger partial charge < -0.3 is 9.15 Å². The summed E-state index contributed by atoms with van der Waals surface area (Å²) in [6.45, 7) is 6.49. The van der Waals surface area contributed by atoms with Gasteiger partial charge in [-0.05, 0) is 48.9 Å². The number of ether oxygens (including phenoxy) is 1. The Morgan fingerprint density at radius 2 is 1.79 bits per heavy atom. The van der Waals surface area contributed by atoms with Gasteiger partial charge in [0.15, 0.2) is 0 Å². The molecule has 0 amide bonds. The number of rotatable bonds is 0. The van der Waals surface area contributed by atoms with Gasteiger partial charge in [0.1, 0.15) is 12.8 Å². The third-order valence-electron chi connectivity index (χ3n) is 5.19. The summed E-state index contributed by atoms with van der Waals surface area (Å²) in [5.74, 6) is 1.79. The third-order valence-corrected chi connectivity index (χ3v) is 5.19. The molecule has 3 heterocycles. The van der Waals surface area contributed by atoms with E-state index in [0.717, 1.165) is 28.3 Å². The Morgan fingerprint density at radius 1 is 0.958 bits per heavy atom. The summed E-state index contributed by atoms with van der Waals surface area (Å²) in [6.07, 6.45) is 1.73. The van der Waals surface area contributed by atoms with E-state index in [1.54, 1.807) is 6.26 Å². The predicted molar refractivity (Wildman–Crippen MR) is 94.6 cm³/mol. The highest BCUT2D eigenvalue weighted by Crippen LogP contribution is 2.48. The Bertz CT molecular complexity index is 1170. The molecule has 0 saturated heterocycles. The quantitative estimate of drug-likeness (QED) is 0.371. The monoisotopic (exact) mass is 316 g/mol. The first-order chi connectivity index (χ1) is 11.5. The minimum Gasteiger partial charge on any atom is -0.458 e. The zero-order chi connectivity index (χ0) is 16.6. The molecule has 0 N–H and O–H groups in total. The maximum absolute atomic E-state index is 6.30. The van der Waals surface area contributed by atoms with Crippen LogP contribution in [0.2, 0.25) is 0 Å². The summed E-state index contributed by atoms with van der Waals surface area (Å²) in [5.41, 5.74) is 8.11. The molecule has 5 rings (SSSR count). The van der Waals surface area contributed by atoms with Gasteiger partial charge in [-0.3, -0.25) is 0 Å². The van der Waals surface area contributed by atoms with Crippen LogP contribution in [0.3, 0.4) is 0 Å². The largest absolute Gasteiger partial charge is 0.458 e. The Kier molecular flexibility index (Phi) is 2.49. The standard InChI is InChI=1S/C21H18NO2/c1-11-7-14-9-12(2)13(3)19-20(14)17(8-11)24-18-10-16-15(5-6-23-16)22(4)21(18)19/h5-10H,1-4H3/q+1. The number of pyridine rings is 1. The van der Waals surface area contributed by atoms with Crippen molar-refractivity contribution in [1.82, 2.24) is 0 Å². The van der Waals surface area contributed by atoms with Gasteiger partial charge in [-0.1, -0.05) is 12.1 Å². The van der Waals surface area contributed by atoms with Crippen LogP contribution >= 0.6 is 0 Å². The van der Waals surface area contributed by atoms with Gasteiger partial charge in [0, 0.05) is 17.5 Å². The van der Waals surface area contributed by atoms with E-state index in [-0.39, 0.29) is 0 Å². The van der Waals surface area contributed by atoms with Crippen LogP contribution in [0.5, 0.6) is 11.5 Å². The van der Waals surface area contributed by atoms with Gasteiger partial charge in [-0.25, -0.2) is 0 Å². The van der Waals surface area contributed by atoms with Gasteiger partial charge in [0.2, 0.25) is 11.3 Å². The summed E-state index contributed by atoms with van der Waals surface area (Å²) >= 11 is 0. The highest BCUT2D eigenvalue weighted by molar-refractivity contribution is 6.05. The Labute approximate surface area is 140 Å². The predicted octanol–water partition coefficient (Wildman–Crippen LogP) is 5.11. The molecule has 1 aliphatic rings. The van der Waals surface area contributed by atoms with Crippen LogP contribution in [0.15, 0.2) is 41.0 Å². The average molecular weight is 316 g/mol. The van der Waals surface area contributed by atoms with Crippen LogP contribution in [0.25, 0.3) is 33.1 Å². The molecule has 1 aliphatic heterocycles. The molecule has 0 bridgehead atoms. The lowest BCUT2D eigenvalue weighted by molar-refractivity contribution is -0.633. The van der Waals surface area contributed by atoms with Crippen LogP contribution in [0, 0.1) is 20.8 Å². The highest BCUT2D eigenvalue weighted by Gasteiger charge is 2.32. The summed E-state index contributed by atoms with van der Waals surface area (Å²) in [5, 5.41) is 2.44. The van der Waals surface area contributed by atoms with E-state index in [2.05, 4.69) is 50.6 Å². The van der Waals surface area contributed by atoms with E-state index in [9.17, 15) is 0 Å². The maximum atomic E-state index is 6.30. The van der Waals surface area contributed by atoms with E-state index in [1.165, 1.54) is 33.0 Å². The molecular weight excluding hydrogens is 298 g/mol. The Balaban J connectivity index is 2.04. The van der Waals surface area contributed by atoms with Gasteiger partial charge in [0.05, 0.1) is 11.8 Å². The van der Waals surface area contributed by atoms with Crippen molar-refractivity contribution in [2.24, 2.45) is 7.05 Å². The molecule has 2 aromatic heterocycles. The van der Waals surface area contributed by atoms with Crippen LogP contribution in [-0.4, -0.2) is 0 Å². The molecule has 0 atom stereocenters. The highest BCUT2D eigenvalue weighted by atomic mass is 16.5. The fourth-order valence-electron chi connectivity index (χ4n) is 3.92. The average Bonchev–Trinajstić information content (AvgIpc) is 2.99. The second-order valence-corrected chi connectivity index (χ2v) is 6.74. The van der Waals surface area contributed by atoms with E-state index in [4.69, 9.17) is 9.15 Å². The number of aromatic nitrogens is 1. The molecule has 0 fully saturated rings. The maximum Gasteiger partial charge on any atom is 0.257 e. The smallest absolute Gasteiger partial charge is 0.257 e. The Morgan fingerprint density at radius 3 is 2.62 bits per heavy atom. The van der Waals surface area contributed by atoms with E-state index < -0.39 is 0 Å². The van der Waals surface area contributed by atoms with Crippen molar-refractivity contribution in [1.29, 1.82) is 0 Å². The normalized spacial score (nSPS) is 12.5. The molecule has 3 heteroatoms. The second-order valence-electron chi connectivity index (χ2n) is 6.74. The van der Waals surface area contributed by atoms with Crippen LogP contribution in [-0.2, 0) is 7.05 Å². The molecule has 0 aliphatic carbocycles. The second kappa shape index (κ2) is 4.38. The Hall–Kier alpha value is -2.81. The first-order valence-corrected chi connectivity index (χ1v) is 8.17. The van der Waals surface area contributed by atoms with Crippen molar-refractivity contribution < 1.29 is 13.7 Å². The number of nitrogens with zero attached hydrogens (tertiary/aromatic N) is 1. The first-order valence-electron chi connectivity index (χ1n) is 8.17. The minimum atomic E-state index is 0.842. The zero-order valence-corrected chi connectivity index (χ0v) is 14.2. The molecule has 4 aromatic rings. The number of furan rings is 1. The number of benzene rings is 2. The molecule has 0 saturated carbocycles. The van der Waals surface area contributed by atoms with Crippen molar-refractivity contribution >= 4 is 21.9 Å². The fourth-order valence-corrected chi connectivity index (χ4v) is 3.92. The summed E-state index contributed by atoms with van der Waals surface area (Å²) in [4.78, 5) is 0. The van der Waals surface area contributed by atoms with Gasteiger partial charge in [-0.15, -0.1) is 0 Å². The number of fused-ring (bicyclic) bond motifs is 3. The SMILES string of the molecule is Cc1cc2c3c(c(C)c(C)cc3c1)-c1c(cc3occc3[n+]1C)O2. The minimum absolute atomic E-state index is 0.842. The lowest BCUT2D eigenvalue weighted by atomic mass is 9.90. The van der Waals surface area contributed by atoms with E-state index in [0.29, 0.717) is 0 Å². The van der Waals surface area contributed by atoms with Crippen molar-refractivity contribution in [2.75, 3.05) is 0 Å². The van der Waals surface area contributed by atoms with Crippen molar-refractivity contribution in [3.8, 4) is 22.8 Å². The lowest BCUT2D eigenvalue weighted by Crippen LogP contribution is -2.33. The third kappa shape index (κ3) is 1.59. The fraction of sp³-hybridized carbons (Fsp3) is 0.190. The lowest BCUT2D eigenvalue weighted by Gasteiger charge is -2.22. The van der Waals surface area contributed by atoms with Gasteiger partial charge in [0.25, 0.3) is 11.2 Å². The van der Waals surface area contributed by atoms with Gasteiger partial charge in [-0.2, -0.15) is 4.57 Å². The zero-order valence-electron chi connectivity index (χ0n) is 14.2. The van der Waals surface area contributed by atoms with E-state index >= 15 is 0 Å². The van der Waals surface area contributed by atoms with Crippen molar-refractivity contribution in [3.63, 3.8) is 0 Å². The number of hydrogen-bond donors (Lipinski definition) is 0. The summed E-state index contributed by atoms with van der Waals surface area (Å²) in [6, 6.07) is 10.6. The van der Waals surface area contributed by atoms with E-state index in [1.807, 2.05) is 12.1 Å². The molecule has 118 valence electrons. The summed E-state index contributed by atoms with van der Waals surface area (Å²) in [7, 11) is 2.08.